The smallest absolute Gasteiger partial charge is 0.262 e. The highest BCUT2D eigenvalue weighted by atomic mass is 32.1. The van der Waals surface area contributed by atoms with Gasteiger partial charge in [-0.15, -0.1) is 11.3 Å². The summed E-state index contributed by atoms with van der Waals surface area (Å²) in [5.74, 6) is 0.921. The lowest BCUT2D eigenvalue weighted by atomic mass is 10.2. The van der Waals surface area contributed by atoms with Crippen molar-refractivity contribution in [2.24, 2.45) is 0 Å². The maximum absolute atomic E-state index is 12.5. The number of carbonyl (C=O) groups excluding carboxylic acids is 1. The normalized spacial score (nSPS) is 12.5. The molecule has 0 spiro atoms. The van der Waals surface area contributed by atoms with E-state index < -0.39 is 0 Å². The minimum Gasteiger partial charge on any atom is -0.454 e. The van der Waals surface area contributed by atoms with E-state index in [-0.39, 0.29) is 24.8 Å². The second kappa shape index (κ2) is 6.21. The summed E-state index contributed by atoms with van der Waals surface area (Å²) in [5.41, 5.74) is 0.377. The average Bonchev–Trinajstić information content (AvgIpc) is 3.23. The van der Waals surface area contributed by atoms with Gasteiger partial charge in [0.25, 0.3) is 5.56 Å². The number of fused-ring (bicyclic) bond motifs is 2. The first kappa shape index (κ1) is 15.6. The van der Waals surface area contributed by atoms with Gasteiger partial charge in [0.15, 0.2) is 11.5 Å². The third-order valence-corrected chi connectivity index (χ3v) is 5.08. The molecule has 3 heterocycles. The predicted octanol–water partition coefficient (Wildman–Crippen LogP) is 2.39. The lowest BCUT2D eigenvalue weighted by Gasteiger charge is -2.07. The number of rotatable bonds is 4. The van der Waals surface area contributed by atoms with Crippen LogP contribution in [0.2, 0.25) is 0 Å². The summed E-state index contributed by atoms with van der Waals surface area (Å²) in [4.78, 5) is 30.9. The van der Waals surface area contributed by atoms with E-state index >= 15 is 0 Å². The molecule has 25 heavy (non-hydrogen) atoms. The Balaban J connectivity index is 1.53. The molecule has 0 aliphatic carbocycles. The van der Waals surface area contributed by atoms with Crippen molar-refractivity contribution < 1.29 is 14.3 Å². The van der Waals surface area contributed by atoms with Crippen LogP contribution in [0.15, 0.2) is 35.4 Å². The van der Waals surface area contributed by atoms with Gasteiger partial charge in [-0.1, -0.05) is 6.92 Å². The highest BCUT2D eigenvalue weighted by Gasteiger charge is 2.15. The number of nitrogens with one attached hydrogen (secondary N) is 1. The highest BCUT2D eigenvalue weighted by Crippen LogP contribution is 2.34. The minimum absolute atomic E-state index is 0.104. The van der Waals surface area contributed by atoms with E-state index in [1.54, 1.807) is 18.2 Å². The van der Waals surface area contributed by atoms with Crippen LogP contribution in [0.25, 0.3) is 10.2 Å². The van der Waals surface area contributed by atoms with Crippen LogP contribution in [0.1, 0.15) is 11.8 Å². The van der Waals surface area contributed by atoms with Gasteiger partial charge in [0.2, 0.25) is 12.7 Å². The third-order valence-electron chi connectivity index (χ3n) is 3.89. The molecule has 0 atom stereocenters. The van der Waals surface area contributed by atoms with Gasteiger partial charge in [-0.25, -0.2) is 4.98 Å². The molecule has 0 saturated carbocycles. The first-order valence-electron chi connectivity index (χ1n) is 7.81. The largest absolute Gasteiger partial charge is 0.454 e. The van der Waals surface area contributed by atoms with E-state index in [1.807, 2.05) is 13.0 Å². The Labute approximate surface area is 146 Å². The number of hydrogen-bond donors (Lipinski definition) is 1. The van der Waals surface area contributed by atoms with E-state index in [0.717, 1.165) is 11.3 Å². The lowest BCUT2D eigenvalue weighted by molar-refractivity contribution is -0.116. The summed E-state index contributed by atoms with van der Waals surface area (Å²) >= 11 is 1.50. The molecule has 0 radical (unpaired) electrons. The quantitative estimate of drug-likeness (QED) is 0.775. The molecule has 1 N–H and O–H groups in total. The standard InChI is InChI=1S/C17H15N3O4S/c1-2-11-6-12-16(25-11)18-8-20(17(12)22)7-15(21)19-10-3-4-13-14(5-10)24-9-23-13/h3-6,8H,2,7,9H2,1H3,(H,19,21). The van der Waals surface area contributed by atoms with Crippen molar-refractivity contribution in [3.05, 3.63) is 45.8 Å². The van der Waals surface area contributed by atoms with E-state index in [2.05, 4.69) is 10.3 Å². The number of ether oxygens (including phenoxy) is 2. The Morgan fingerprint density at radius 1 is 1.32 bits per heavy atom. The van der Waals surface area contributed by atoms with Crippen molar-refractivity contribution >= 4 is 33.1 Å². The maximum atomic E-state index is 12.5. The number of hydrogen-bond acceptors (Lipinski definition) is 6. The van der Waals surface area contributed by atoms with Gasteiger partial charge in [0, 0.05) is 16.6 Å². The minimum atomic E-state index is -0.312. The van der Waals surface area contributed by atoms with Gasteiger partial charge in [0.05, 0.1) is 11.7 Å². The van der Waals surface area contributed by atoms with Crippen LogP contribution in [0.3, 0.4) is 0 Å². The number of amides is 1. The zero-order valence-corrected chi connectivity index (χ0v) is 14.3. The summed E-state index contributed by atoms with van der Waals surface area (Å²) in [7, 11) is 0. The van der Waals surface area contributed by atoms with Crippen LogP contribution < -0.4 is 20.3 Å². The van der Waals surface area contributed by atoms with Crippen molar-refractivity contribution in [1.29, 1.82) is 0 Å². The average molecular weight is 357 g/mol. The second-order valence-electron chi connectivity index (χ2n) is 5.58. The molecule has 8 heteroatoms. The molecule has 7 nitrogen and oxygen atoms in total. The van der Waals surface area contributed by atoms with Crippen molar-refractivity contribution in [2.45, 2.75) is 19.9 Å². The Bertz CT molecular complexity index is 1020. The lowest BCUT2D eigenvalue weighted by Crippen LogP contribution is -2.27. The van der Waals surface area contributed by atoms with E-state index in [4.69, 9.17) is 9.47 Å². The summed E-state index contributed by atoms with van der Waals surface area (Å²) in [6.45, 7) is 2.10. The predicted molar refractivity (Wildman–Crippen MR) is 94.5 cm³/mol. The molecule has 1 aliphatic heterocycles. The second-order valence-corrected chi connectivity index (χ2v) is 6.69. The molecular formula is C17H15N3O4S. The fourth-order valence-electron chi connectivity index (χ4n) is 2.63. The summed E-state index contributed by atoms with van der Waals surface area (Å²) in [6.07, 6.45) is 2.27. The third kappa shape index (κ3) is 2.96. The zero-order valence-electron chi connectivity index (χ0n) is 13.4. The van der Waals surface area contributed by atoms with E-state index in [9.17, 15) is 9.59 Å². The number of anilines is 1. The Hall–Kier alpha value is -2.87. The molecule has 0 bridgehead atoms. The number of aryl methyl sites for hydroxylation is 1. The number of thiophene rings is 1. The number of benzene rings is 1. The Morgan fingerprint density at radius 2 is 2.16 bits per heavy atom. The van der Waals surface area contributed by atoms with E-state index in [1.165, 1.54) is 22.2 Å². The summed E-state index contributed by atoms with van der Waals surface area (Å²) in [6, 6.07) is 7.00. The van der Waals surface area contributed by atoms with Crippen LogP contribution >= 0.6 is 11.3 Å². The molecule has 1 aromatic carbocycles. The summed E-state index contributed by atoms with van der Waals surface area (Å²) in [5, 5.41) is 3.31. The molecule has 4 rings (SSSR count). The Morgan fingerprint density at radius 3 is 3.00 bits per heavy atom. The first-order chi connectivity index (χ1) is 12.1. The molecule has 128 valence electrons. The van der Waals surface area contributed by atoms with Gasteiger partial charge in [0.1, 0.15) is 11.4 Å². The van der Waals surface area contributed by atoms with E-state index in [0.29, 0.717) is 27.4 Å². The fraction of sp³-hybridized carbons (Fsp3) is 0.235. The van der Waals surface area contributed by atoms with Gasteiger partial charge >= 0.3 is 0 Å². The van der Waals surface area contributed by atoms with Gasteiger partial charge in [-0.2, -0.15) is 0 Å². The zero-order chi connectivity index (χ0) is 17.4. The van der Waals surface area contributed by atoms with Crippen LogP contribution in [0, 0.1) is 0 Å². The van der Waals surface area contributed by atoms with Crippen molar-refractivity contribution in [2.75, 3.05) is 12.1 Å². The molecule has 0 unspecified atom stereocenters. The molecular weight excluding hydrogens is 342 g/mol. The molecule has 1 amide bonds. The summed E-state index contributed by atoms with van der Waals surface area (Å²) < 4.78 is 11.8. The Kier molecular flexibility index (Phi) is 3.89. The van der Waals surface area contributed by atoms with Crippen LogP contribution in [-0.4, -0.2) is 22.3 Å². The number of aromatic nitrogens is 2. The molecule has 1 aliphatic rings. The maximum Gasteiger partial charge on any atom is 0.262 e. The van der Waals surface area contributed by atoms with Crippen molar-refractivity contribution in [1.82, 2.24) is 9.55 Å². The van der Waals surface area contributed by atoms with Crippen molar-refractivity contribution in [3.63, 3.8) is 0 Å². The fourth-order valence-corrected chi connectivity index (χ4v) is 3.55. The first-order valence-corrected chi connectivity index (χ1v) is 8.63. The van der Waals surface area contributed by atoms with Crippen molar-refractivity contribution in [3.8, 4) is 11.5 Å². The highest BCUT2D eigenvalue weighted by molar-refractivity contribution is 7.18. The molecule has 2 aromatic heterocycles. The van der Waals surface area contributed by atoms with Gasteiger partial charge in [-0.05, 0) is 24.6 Å². The molecule has 0 saturated heterocycles. The molecule has 3 aromatic rings. The van der Waals surface area contributed by atoms with Gasteiger partial charge < -0.3 is 14.8 Å². The van der Waals surface area contributed by atoms with Gasteiger partial charge in [-0.3, -0.25) is 14.2 Å². The SMILES string of the molecule is CCc1cc2c(=O)n(CC(=O)Nc3ccc4c(c3)OCO4)cnc2s1. The van der Waals surface area contributed by atoms with Crippen LogP contribution in [0.5, 0.6) is 11.5 Å². The van der Waals surface area contributed by atoms with Crippen LogP contribution in [0.4, 0.5) is 5.69 Å². The molecule has 0 fully saturated rings. The van der Waals surface area contributed by atoms with Crippen LogP contribution in [-0.2, 0) is 17.8 Å². The topological polar surface area (TPSA) is 82.5 Å². The monoisotopic (exact) mass is 357 g/mol. The number of carbonyl (C=O) groups is 1. The number of nitrogens with zero attached hydrogens (tertiary/aromatic N) is 2.